The molecule has 25 heavy (non-hydrogen) atoms. The molecule has 0 aliphatic heterocycles. The number of ether oxygens (including phenoxy) is 1. The third-order valence-corrected chi connectivity index (χ3v) is 4.13. The normalized spacial score (nSPS) is 12.0. The highest BCUT2D eigenvalue weighted by atomic mass is 16.5. The third-order valence-electron chi connectivity index (χ3n) is 4.13. The molecule has 0 amide bonds. The molecule has 0 radical (unpaired) electrons. The van der Waals surface area contributed by atoms with Gasteiger partial charge >= 0.3 is 0 Å². The standard InChI is InChI=1S/C20H18N4O/c1-25-17-13-11-16(12-14-17)21-20(15-7-3-2-4-8-15)24-19-10-6-5-9-18(19)22-23-24/h2-14,20-21H,1H3. The molecule has 1 unspecified atom stereocenters. The predicted molar refractivity (Wildman–Crippen MR) is 98.7 cm³/mol. The lowest BCUT2D eigenvalue weighted by Gasteiger charge is -2.21. The quantitative estimate of drug-likeness (QED) is 0.598. The summed E-state index contributed by atoms with van der Waals surface area (Å²) in [6.45, 7) is 0. The van der Waals surface area contributed by atoms with Crippen LogP contribution in [0.5, 0.6) is 5.75 Å². The van der Waals surface area contributed by atoms with Gasteiger partial charge < -0.3 is 10.1 Å². The second kappa shape index (κ2) is 6.65. The Bertz CT molecular complexity index is 964. The summed E-state index contributed by atoms with van der Waals surface area (Å²) >= 11 is 0. The van der Waals surface area contributed by atoms with Gasteiger partial charge in [-0.1, -0.05) is 47.7 Å². The fraction of sp³-hybridized carbons (Fsp3) is 0.100. The van der Waals surface area contributed by atoms with Crippen LogP contribution in [0.25, 0.3) is 11.0 Å². The summed E-state index contributed by atoms with van der Waals surface area (Å²) in [4.78, 5) is 0. The van der Waals surface area contributed by atoms with Gasteiger partial charge in [0.25, 0.3) is 0 Å². The summed E-state index contributed by atoms with van der Waals surface area (Å²) in [7, 11) is 1.66. The highest BCUT2D eigenvalue weighted by Crippen LogP contribution is 2.25. The number of benzene rings is 3. The van der Waals surface area contributed by atoms with Crippen molar-refractivity contribution in [3.05, 3.63) is 84.4 Å². The Labute approximate surface area is 145 Å². The Kier molecular flexibility index (Phi) is 4.04. The molecule has 3 aromatic carbocycles. The van der Waals surface area contributed by atoms with E-state index < -0.39 is 0 Å². The lowest BCUT2D eigenvalue weighted by Crippen LogP contribution is -2.21. The van der Waals surface area contributed by atoms with Crippen molar-refractivity contribution in [2.75, 3.05) is 12.4 Å². The SMILES string of the molecule is COc1ccc(NC(c2ccccc2)n2nnc3ccccc32)cc1. The van der Waals surface area contributed by atoms with Crippen molar-refractivity contribution in [1.82, 2.24) is 15.0 Å². The van der Waals surface area contributed by atoms with Gasteiger partial charge in [-0.3, -0.25) is 0 Å². The van der Waals surface area contributed by atoms with Crippen molar-refractivity contribution in [1.29, 1.82) is 0 Å². The number of anilines is 1. The molecule has 0 fully saturated rings. The Hall–Kier alpha value is -3.34. The van der Waals surface area contributed by atoms with Crippen LogP contribution >= 0.6 is 0 Å². The summed E-state index contributed by atoms with van der Waals surface area (Å²) in [5, 5.41) is 12.2. The molecule has 0 aliphatic rings. The maximum Gasteiger partial charge on any atom is 0.149 e. The van der Waals surface area contributed by atoms with Crippen LogP contribution in [0.4, 0.5) is 5.69 Å². The van der Waals surface area contributed by atoms with Gasteiger partial charge in [0.15, 0.2) is 0 Å². The first-order chi connectivity index (χ1) is 12.3. The van der Waals surface area contributed by atoms with Crippen molar-refractivity contribution in [2.24, 2.45) is 0 Å². The number of aromatic nitrogens is 3. The number of rotatable bonds is 5. The fourth-order valence-electron chi connectivity index (χ4n) is 2.84. The summed E-state index contributed by atoms with van der Waals surface area (Å²) in [5.74, 6) is 0.827. The zero-order valence-corrected chi connectivity index (χ0v) is 13.8. The predicted octanol–water partition coefficient (Wildman–Crippen LogP) is 4.10. The van der Waals surface area contributed by atoms with Crippen LogP contribution in [0, 0.1) is 0 Å². The van der Waals surface area contributed by atoms with Crippen LogP contribution in [0.2, 0.25) is 0 Å². The molecule has 0 bridgehead atoms. The van der Waals surface area contributed by atoms with E-state index in [0.717, 1.165) is 28.0 Å². The van der Waals surface area contributed by atoms with Gasteiger partial charge in [0.1, 0.15) is 17.4 Å². The molecule has 5 heteroatoms. The van der Waals surface area contributed by atoms with E-state index in [2.05, 4.69) is 27.8 Å². The molecule has 0 aliphatic carbocycles. The Balaban J connectivity index is 1.76. The highest BCUT2D eigenvalue weighted by Gasteiger charge is 2.17. The van der Waals surface area contributed by atoms with E-state index in [4.69, 9.17) is 4.74 Å². The first kappa shape index (κ1) is 15.2. The van der Waals surface area contributed by atoms with Crippen molar-refractivity contribution in [2.45, 2.75) is 6.17 Å². The van der Waals surface area contributed by atoms with E-state index in [0.29, 0.717) is 0 Å². The van der Waals surface area contributed by atoms with Crippen LogP contribution in [0.1, 0.15) is 11.7 Å². The average Bonchev–Trinajstić information content (AvgIpc) is 3.11. The number of para-hydroxylation sites is 1. The van der Waals surface area contributed by atoms with Gasteiger partial charge in [-0.2, -0.15) is 0 Å². The minimum atomic E-state index is -0.165. The van der Waals surface area contributed by atoms with E-state index in [1.54, 1.807) is 7.11 Å². The van der Waals surface area contributed by atoms with Gasteiger partial charge in [0.05, 0.1) is 12.6 Å². The summed E-state index contributed by atoms with van der Waals surface area (Å²) in [5.41, 5.74) is 3.94. The van der Waals surface area contributed by atoms with E-state index >= 15 is 0 Å². The smallest absolute Gasteiger partial charge is 0.149 e. The molecule has 0 saturated heterocycles. The van der Waals surface area contributed by atoms with Crippen molar-refractivity contribution < 1.29 is 4.74 Å². The number of hydrogen-bond donors (Lipinski definition) is 1. The molecule has 1 atom stereocenters. The van der Waals surface area contributed by atoms with Gasteiger partial charge in [-0.05, 0) is 42.0 Å². The lowest BCUT2D eigenvalue weighted by molar-refractivity contribution is 0.415. The molecule has 124 valence electrons. The zero-order chi connectivity index (χ0) is 17.1. The fourth-order valence-corrected chi connectivity index (χ4v) is 2.84. The summed E-state index contributed by atoms with van der Waals surface area (Å²) in [6.07, 6.45) is -0.165. The maximum absolute atomic E-state index is 5.23. The van der Waals surface area contributed by atoms with Crippen molar-refractivity contribution >= 4 is 16.7 Å². The molecule has 1 aromatic heterocycles. The van der Waals surface area contributed by atoms with Gasteiger partial charge in [0.2, 0.25) is 0 Å². The first-order valence-electron chi connectivity index (χ1n) is 8.10. The van der Waals surface area contributed by atoms with Crippen LogP contribution in [0.3, 0.4) is 0 Å². The monoisotopic (exact) mass is 330 g/mol. The lowest BCUT2D eigenvalue weighted by atomic mass is 10.1. The van der Waals surface area contributed by atoms with Crippen LogP contribution in [0.15, 0.2) is 78.9 Å². The molecule has 5 nitrogen and oxygen atoms in total. The topological polar surface area (TPSA) is 52.0 Å². The van der Waals surface area contributed by atoms with E-state index in [1.807, 2.05) is 71.4 Å². The summed E-state index contributed by atoms with van der Waals surface area (Å²) in [6, 6.07) is 26.0. The molecule has 1 heterocycles. The number of methoxy groups -OCH3 is 1. The highest BCUT2D eigenvalue weighted by molar-refractivity contribution is 5.74. The largest absolute Gasteiger partial charge is 0.497 e. The van der Waals surface area contributed by atoms with E-state index in [9.17, 15) is 0 Å². The number of nitrogens with zero attached hydrogens (tertiary/aromatic N) is 3. The number of hydrogen-bond acceptors (Lipinski definition) is 4. The van der Waals surface area contributed by atoms with E-state index in [1.165, 1.54) is 0 Å². The number of nitrogens with one attached hydrogen (secondary N) is 1. The minimum absolute atomic E-state index is 0.165. The molecule has 4 rings (SSSR count). The number of fused-ring (bicyclic) bond motifs is 1. The second-order valence-electron chi connectivity index (χ2n) is 5.71. The second-order valence-corrected chi connectivity index (χ2v) is 5.71. The Morgan fingerprint density at radius 2 is 1.60 bits per heavy atom. The van der Waals surface area contributed by atoms with Gasteiger partial charge in [-0.25, -0.2) is 4.68 Å². The molecular formula is C20H18N4O. The molecule has 1 N–H and O–H groups in total. The Morgan fingerprint density at radius 1 is 0.880 bits per heavy atom. The molecule has 0 saturated carbocycles. The van der Waals surface area contributed by atoms with E-state index in [-0.39, 0.29) is 6.17 Å². The minimum Gasteiger partial charge on any atom is -0.497 e. The third kappa shape index (κ3) is 3.04. The van der Waals surface area contributed by atoms with Crippen molar-refractivity contribution in [3.63, 3.8) is 0 Å². The Morgan fingerprint density at radius 3 is 2.36 bits per heavy atom. The molecular weight excluding hydrogens is 312 g/mol. The maximum atomic E-state index is 5.23. The zero-order valence-electron chi connectivity index (χ0n) is 13.8. The summed E-state index contributed by atoms with van der Waals surface area (Å²) < 4.78 is 7.14. The average molecular weight is 330 g/mol. The van der Waals surface area contributed by atoms with Gasteiger partial charge in [0, 0.05) is 5.69 Å². The molecule has 4 aromatic rings. The van der Waals surface area contributed by atoms with Crippen molar-refractivity contribution in [3.8, 4) is 5.75 Å². The van der Waals surface area contributed by atoms with Crippen LogP contribution in [-0.2, 0) is 0 Å². The first-order valence-corrected chi connectivity index (χ1v) is 8.10. The van der Waals surface area contributed by atoms with Gasteiger partial charge in [-0.15, -0.1) is 5.10 Å². The molecule has 0 spiro atoms. The van der Waals surface area contributed by atoms with Crippen LogP contribution < -0.4 is 10.1 Å². The van der Waals surface area contributed by atoms with Crippen LogP contribution in [-0.4, -0.2) is 22.1 Å².